The van der Waals surface area contributed by atoms with E-state index in [1.165, 1.54) is 4.90 Å². The van der Waals surface area contributed by atoms with Gasteiger partial charge in [-0.3, -0.25) is 4.79 Å². The van der Waals surface area contributed by atoms with Crippen molar-refractivity contribution in [3.05, 3.63) is 34.3 Å². The monoisotopic (exact) mass is 257 g/mol. The van der Waals surface area contributed by atoms with Crippen LogP contribution >= 0.6 is 15.9 Å². The molecule has 1 N–H and O–H groups in total. The second-order valence-corrected chi connectivity index (χ2v) is 3.88. The van der Waals surface area contributed by atoms with E-state index in [9.17, 15) is 4.79 Å². The van der Waals surface area contributed by atoms with E-state index in [4.69, 9.17) is 5.11 Å². The predicted octanol–water partition coefficient (Wildman–Crippen LogP) is 1.51. The Bertz CT molecular complexity index is 328. The van der Waals surface area contributed by atoms with Gasteiger partial charge in [-0.15, -0.1) is 0 Å². The zero-order valence-corrected chi connectivity index (χ0v) is 9.49. The van der Waals surface area contributed by atoms with Crippen LogP contribution in [0.25, 0.3) is 0 Å². The van der Waals surface area contributed by atoms with Crippen LogP contribution in [0.15, 0.2) is 28.7 Å². The van der Waals surface area contributed by atoms with Crippen molar-refractivity contribution in [2.75, 3.05) is 20.2 Å². The maximum atomic E-state index is 11.7. The van der Waals surface area contributed by atoms with Gasteiger partial charge in [-0.05, 0) is 18.2 Å². The summed E-state index contributed by atoms with van der Waals surface area (Å²) < 4.78 is 0.876. The molecule has 0 radical (unpaired) electrons. The number of carbonyl (C=O) groups is 1. The van der Waals surface area contributed by atoms with Crippen LogP contribution in [0.4, 0.5) is 0 Å². The molecule has 1 aromatic rings. The molecule has 0 spiro atoms. The molecule has 0 atom stereocenters. The van der Waals surface area contributed by atoms with Gasteiger partial charge >= 0.3 is 0 Å². The minimum absolute atomic E-state index is 0.0176. The maximum absolute atomic E-state index is 11.7. The Morgan fingerprint density at radius 2 is 2.29 bits per heavy atom. The molecule has 0 saturated heterocycles. The van der Waals surface area contributed by atoms with E-state index in [0.717, 1.165) is 4.47 Å². The smallest absolute Gasteiger partial charge is 0.253 e. The van der Waals surface area contributed by atoms with Gasteiger partial charge in [-0.25, -0.2) is 0 Å². The normalized spacial score (nSPS) is 9.93. The van der Waals surface area contributed by atoms with Gasteiger partial charge in [0.05, 0.1) is 6.61 Å². The zero-order chi connectivity index (χ0) is 10.6. The van der Waals surface area contributed by atoms with Gasteiger partial charge in [0, 0.05) is 23.6 Å². The molecule has 1 rings (SSSR count). The Morgan fingerprint density at radius 1 is 1.57 bits per heavy atom. The Hall–Kier alpha value is -0.870. The maximum Gasteiger partial charge on any atom is 0.253 e. The van der Waals surface area contributed by atoms with Crippen molar-refractivity contribution in [1.29, 1.82) is 0 Å². The fourth-order valence-electron chi connectivity index (χ4n) is 1.09. The summed E-state index contributed by atoms with van der Waals surface area (Å²) in [6.07, 6.45) is 0. The lowest BCUT2D eigenvalue weighted by Crippen LogP contribution is -2.29. The van der Waals surface area contributed by atoms with Crippen molar-refractivity contribution in [1.82, 2.24) is 4.90 Å². The molecule has 0 aliphatic rings. The van der Waals surface area contributed by atoms with Crippen LogP contribution in [-0.2, 0) is 0 Å². The second-order valence-electron chi connectivity index (χ2n) is 2.96. The first-order valence-electron chi connectivity index (χ1n) is 4.27. The van der Waals surface area contributed by atoms with E-state index in [0.29, 0.717) is 12.1 Å². The molecule has 0 fully saturated rings. The van der Waals surface area contributed by atoms with Gasteiger partial charge in [0.1, 0.15) is 0 Å². The Balaban J connectivity index is 2.78. The number of aliphatic hydroxyl groups excluding tert-OH is 1. The molecular formula is C10H12BrNO2. The summed E-state index contributed by atoms with van der Waals surface area (Å²) in [4.78, 5) is 13.2. The molecule has 0 unspecified atom stereocenters. The van der Waals surface area contributed by atoms with Gasteiger partial charge in [-0.2, -0.15) is 0 Å². The molecule has 0 saturated carbocycles. The van der Waals surface area contributed by atoms with Gasteiger partial charge in [0.25, 0.3) is 5.91 Å². The first kappa shape index (κ1) is 11.2. The number of carbonyl (C=O) groups excluding carboxylic acids is 1. The highest BCUT2D eigenvalue weighted by molar-refractivity contribution is 9.10. The molecular weight excluding hydrogens is 246 g/mol. The average Bonchev–Trinajstić information content (AvgIpc) is 2.17. The Labute approximate surface area is 91.5 Å². The van der Waals surface area contributed by atoms with Crippen LogP contribution in [-0.4, -0.2) is 36.1 Å². The molecule has 1 aromatic carbocycles. The summed E-state index contributed by atoms with van der Waals surface area (Å²) in [7, 11) is 1.67. The van der Waals surface area contributed by atoms with Crippen molar-refractivity contribution in [2.24, 2.45) is 0 Å². The molecule has 0 aliphatic heterocycles. The van der Waals surface area contributed by atoms with Gasteiger partial charge in [-0.1, -0.05) is 22.0 Å². The third-order valence-corrected chi connectivity index (χ3v) is 2.35. The molecule has 1 amide bonds. The topological polar surface area (TPSA) is 40.5 Å². The molecule has 0 bridgehead atoms. The first-order valence-corrected chi connectivity index (χ1v) is 5.06. The fourth-order valence-corrected chi connectivity index (χ4v) is 1.49. The Morgan fingerprint density at radius 3 is 2.86 bits per heavy atom. The van der Waals surface area contributed by atoms with E-state index < -0.39 is 0 Å². The predicted molar refractivity (Wildman–Crippen MR) is 58.2 cm³/mol. The fraction of sp³-hybridized carbons (Fsp3) is 0.300. The first-order chi connectivity index (χ1) is 6.65. The van der Waals surface area contributed by atoms with Gasteiger partial charge in [0.15, 0.2) is 0 Å². The van der Waals surface area contributed by atoms with Crippen LogP contribution in [0, 0.1) is 0 Å². The summed E-state index contributed by atoms with van der Waals surface area (Å²) in [5.74, 6) is -0.0830. The largest absolute Gasteiger partial charge is 0.395 e. The van der Waals surface area contributed by atoms with Crippen molar-refractivity contribution in [3.8, 4) is 0 Å². The van der Waals surface area contributed by atoms with E-state index >= 15 is 0 Å². The summed E-state index contributed by atoms with van der Waals surface area (Å²) in [6, 6.07) is 7.18. The van der Waals surface area contributed by atoms with Crippen LogP contribution in [0.2, 0.25) is 0 Å². The van der Waals surface area contributed by atoms with Crippen LogP contribution < -0.4 is 0 Å². The summed E-state index contributed by atoms with van der Waals surface area (Å²) in [5, 5.41) is 8.68. The number of aliphatic hydroxyl groups is 1. The lowest BCUT2D eigenvalue weighted by molar-refractivity contribution is 0.0767. The summed E-state index contributed by atoms with van der Waals surface area (Å²) >= 11 is 3.30. The zero-order valence-electron chi connectivity index (χ0n) is 7.90. The van der Waals surface area contributed by atoms with Gasteiger partial charge < -0.3 is 10.0 Å². The highest BCUT2D eigenvalue weighted by atomic mass is 79.9. The number of hydrogen-bond donors (Lipinski definition) is 1. The van der Waals surface area contributed by atoms with Crippen molar-refractivity contribution >= 4 is 21.8 Å². The van der Waals surface area contributed by atoms with E-state index in [1.807, 2.05) is 12.1 Å². The number of halogens is 1. The van der Waals surface area contributed by atoms with Gasteiger partial charge in [0.2, 0.25) is 0 Å². The van der Waals surface area contributed by atoms with Crippen molar-refractivity contribution in [2.45, 2.75) is 0 Å². The highest BCUT2D eigenvalue weighted by Gasteiger charge is 2.10. The molecule has 76 valence electrons. The lowest BCUT2D eigenvalue weighted by Gasteiger charge is -2.15. The van der Waals surface area contributed by atoms with Crippen molar-refractivity contribution in [3.63, 3.8) is 0 Å². The number of benzene rings is 1. The Kier molecular flexibility index (Phi) is 4.10. The molecule has 0 aliphatic carbocycles. The lowest BCUT2D eigenvalue weighted by atomic mass is 10.2. The third kappa shape index (κ3) is 2.82. The van der Waals surface area contributed by atoms with E-state index in [1.54, 1.807) is 19.2 Å². The SMILES string of the molecule is CN(CCO)C(=O)c1cccc(Br)c1. The molecule has 3 nitrogen and oxygen atoms in total. The minimum atomic E-state index is -0.0830. The molecule has 0 heterocycles. The number of amides is 1. The second kappa shape index (κ2) is 5.12. The third-order valence-electron chi connectivity index (χ3n) is 1.85. The number of likely N-dealkylation sites (N-methyl/N-ethyl adjacent to an activating group) is 1. The van der Waals surface area contributed by atoms with E-state index in [2.05, 4.69) is 15.9 Å². The highest BCUT2D eigenvalue weighted by Crippen LogP contribution is 2.12. The number of rotatable bonds is 3. The summed E-state index contributed by atoms with van der Waals surface area (Å²) in [6.45, 7) is 0.335. The van der Waals surface area contributed by atoms with Crippen molar-refractivity contribution < 1.29 is 9.90 Å². The average molecular weight is 258 g/mol. The minimum Gasteiger partial charge on any atom is -0.395 e. The standard InChI is InChI=1S/C10H12BrNO2/c1-12(5-6-13)10(14)8-3-2-4-9(11)7-8/h2-4,7,13H,5-6H2,1H3. The van der Waals surface area contributed by atoms with E-state index in [-0.39, 0.29) is 12.5 Å². The molecule has 14 heavy (non-hydrogen) atoms. The molecule has 0 aromatic heterocycles. The van der Waals surface area contributed by atoms with Crippen LogP contribution in [0.5, 0.6) is 0 Å². The van der Waals surface area contributed by atoms with Crippen LogP contribution in [0.1, 0.15) is 10.4 Å². The quantitative estimate of drug-likeness (QED) is 0.892. The van der Waals surface area contributed by atoms with Crippen LogP contribution in [0.3, 0.4) is 0 Å². The number of hydrogen-bond acceptors (Lipinski definition) is 2. The summed E-state index contributed by atoms with van der Waals surface area (Å²) in [5.41, 5.74) is 0.621. The number of nitrogens with zero attached hydrogens (tertiary/aromatic N) is 1. The molecule has 4 heteroatoms.